The first-order chi connectivity index (χ1) is 7.70. The van der Waals surface area contributed by atoms with E-state index in [0.717, 1.165) is 12.4 Å². The average Bonchev–Trinajstić information content (AvgIpc) is 2.87. The fourth-order valence-corrected chi connectivity index (χ4v) is 1.41. The molecule has 7 nitrogen and oxygen atoms in total. The van der Waals surface area contributed by atoms with Gasteiger partial charge in [0, 0.05) is 6.54 Å². The molecule has 0 fully saturated rings. The Hall–Kier alpha value is -1.76. The molecule has 0 bridgehead atoms. The molecular formula is C9H15N7. The molecule has 2 N–H and O–H groups in total. The molecule has 0 aliphatic heterocycles. The van der Waals surface area contributed by atoms with Crippen molar-refractivity contribution in [2.45, 2.75) is 33.0 Å². The summed E-state index contributed by atoms with van der Waals surface area (Å²) in [5.41, 5.74) is 5.68. The minimum absolute atomic E-state index is 0.148. The maximum Gasteiger partial charge on any atom is 0.166 e. The Morgan fingerprint density at radius 1 is 1.44 bits per heavy atom. The van der Waals surface area contributed by atoms with E-state index >= 15 is 0 Å². The quantitative estimate of drug-likeness (QED) is 0.782. The van der Waals surface area contributed by atoms with Gasteiger partial charge in [0.2, 0.25) is 0 Å². The van der Waals surface area contributed by atoms with Gasteiger partial charge in [0.05, 0.1) is 6.04 Å². The largest absolute Gasteiger partial charge is 0.321 e. The van der Waals surface area contributed by atoms with Gasteiger partial charge in [-0.2, -0.15) is 10.2 Å². The van der Waals surface area contributed by atoms with Crippen LogP contribution in [0.25, 0.3) is 0 Å². The Bertz CT molecular complexity index is 456. The van der Waals surface area contributed by atoms with Crippen LogP contribution in [0, 0.1) is 0 Å². The number of rotatable bonds is 4. The van der Waals surface area contributed by atoms with E-state index < -0.39 is 0 Å². The maximum atomic E-state index is 5.68. The van der Waals surface area contributed by atoms with Crippen LogP contribution in [0.4, 0.5) is 0 Å². The summed E-state index contributed by atoms with van der Waals surface area (Å²) in [4.78, 5) is 8.29. The fraction of sp³-hybridized carbons (Fsp3) is 0.556. The molecule has 1 unspecified atom stereocenters. The smallest absolute Gasteiger partial charge is 0.166 e. The van der Waals surface area contributed by atoms with Crippen LogP contribution in [-0.4, -0.2) is 29.5 Å². The summed E-state index contributed by atoms with van der Waals surface area (Å²) in [5.74, 6) is 1.51. The van der Waals surface area contributed by atoms with Gasteiger partial charge in [0.1, 0.15) is 25.0 Å². The SMILES string of the molecule is CCn1ncnc1Cn1cnc(C(C)N)n1. The van der Waals surface area contributed by atoms with Crippen LogP contribution < -0.4 is 5.73 Å². The number of aryl methyl sites for hydroxylation is 1. The molecule has 2 rings (SSSR count). The van der Waals surface area contributed by atoms with E-state index in [0.29, 0.717) is 12.4 Å². The molecule has 0 aromatic carbocycles. The van der Waals surface area contributed by atoms with Gasteiger partial charge in [0.15, 0.2) is 5.82 Å². The molecule has 86 valence electrons. The van der Waals surface area contributed by atoms with Crippen molar-refractivity contribution in [3.05, 3.63) is 24.3 Å². The molecule has 16 heavy (non-hydrogen) atoms. The second kappa shape index (κ2) is 4.40. The highest BCUT2D eigenvalue weighted by Crippen LogP contribution is 2.03. The van der Waals surface area contributed by atoms with E-state index in [1.165, 1.54) is 0 Å². The van der Waals surface area contributed by atoms with Gasteiger partial charge in [-0.05, 0) is 13.8 Å². The summed E-state index contributed by atoms with van der Waals surface area (Å²) in [6.07, 6.45) is 3.20. The molecule has 2 heterocycles. The predicted molar refractivity (Wildman–Crippen MR) is 57.4 cm³/mol. The van der Waals surface area contributed by atoms with E-state index in [9.17, 15) is 0 Å². The van der Waals surface area contributed by atoms with Crippen molar-refractivity contribution < 1.29 is 0 Å². The Kier molecular flexibility index (Phi) is 2.95. The van der Waals surface area contributed by atoms with E-state index in [1.807, 2.05) is 18.5 Å². The third-order valence-electron chi connectivity index (χ3n) is 2.26. The lowest BCUT2D eigenvalue weighted by molar-refractivity contribution is 0.561. The molecule has 0 aliphatic carbocycles. The molecule has 0 radical (unpaired) electrons. The van der Waals surface area contributed by atoms with Crippen LogP contribution in [0.3, 0.4) is 0 Å². The van der Waals surface area contributed by atoms with Gasteiger partial charge >= 0.3 is 0 Å². The summed E-state index contributed by atoms with van der Waals surface area (Å²) in [7, 11) is 0. The van der Waals surface area contributed by atoms with Crippen LogP contribution in [0.1, 0.15) is 31.5 Å². The molecule has 0 amide bonds. The van der Waals surface area contributed by atoms with Gasteiger partial charge in [-0.25, -0.2) is 19.3 Å². The summed E-state index contributed by atoms with van der Waals surface area (Å²) in [6, 6.07) is -0.148. The molecule has 0 saturated carbocycles. The second-order valence-corrected chi connectivity index (χ2v) is 3.58. The lowest BCUT2D eigenvalue weighted by Gasteiger charge is -2.02. The minimum Gasteiger partial charge on any atom is -0.321 e. The van der Waals surface area contributed by atoms with Crippen molar-refractivity contribution in [1.29, 1.82) is 0 Å². The van der Waals surface area contributed by atoms with Crippen LogP contribution >= 0.6 is 0 Å². The molecular weight excluding hydrogens is 206 g/mol. The normalized spacial score (nSPS) is 12.9. The van der Waals surface area contributed by atoms with Gasteiger partial charge < -0.3 is 5.73 Å². The monoisotopic (exact) mass is 221 g/mol. The lowest BCUT2D eigenvalue weighted by Crippen LogP contribution is -2.11. The van der Waals surface area contributed by atoms with Crippen LogP contribution in [0.15, 0.2) is 12.7 Å². The van der Waals surface area contributed by atoms with Crippen molar-refractivity contribution in [2.24, 2.45) is 5.73 Å². The zero-order chi connectivity index (χ0) is 11.5. The van der Waals surface area contributed by atoms with Gasteiger partial charge in [0.25, 0.3) is 0 Å². The summed E-state index contributed by atoms with van der Waals surface area (Å²) >= 11 is 0. The summed E-state index contributed by atoms with van der Waals surface area (Å²) in [5, 5.41) is 8.35. The highest BCUT2D eigenvalue weighted by Gasteiger charge is 2.08. The third kappa shape index (κ3) is 2.08. The summed E-state index contributed by atoms with van der Waals surface area (Å²) in [6.45, 7) is 5.23. The Morgan fingerprint density at radius 3 is 2.88 bits per heavy atom. The summed E-state index contributed by atoms with van der Waals surface area (Å²) < 4.78 is 3.54. The van der Waals surface area contributed by atoms with Gasteiger partial charge in [-0.15, -0.1) is 0 Å². The first kappa shape index (κ1) is 10.7. The zero-order valence-electron chi connectivity index (χ0n) is 9.41. The third-order valence-corrected chi connectivity index (χ3v) is 2.26. The van der Waals surface area contributed by atoms with Crippen molar-refractivity contribution in [1.82, 2.24) is 29.5 Å². The van der Waals surface area contributed by atoms with Crippen molar-refractivity contribution in [2.75, 3.05) is 0 Å². The number of nitrogens with zero attached hydrogens (tertiary/aromatic N) is 6. The highest BCUT2D eigenvalue weighted by atomic mass is 15.4. The van der Waals surface area contributed by atoms with Crippen molar-refractivity contribution in [3.63, 3.8) is 0 Å². The van der Waals surface area contributed by atoms with E-state index in [1.54, 1.807) is 17.3 Å². The standard InChI is InChI=1S/C9H15N7/c1-3-16-8(11-5-13-16)4-15-6-12-9(14-15)7(2)10/h5-7H,3-4,10H2,1-2H3. The highest BCUT2D eigenvalue weighted by molar-refractivity contribution is 4.91. The molecule has 2 aromatic heterocycles. The lowest BCUT2D eigenvalue weighted by atomic mass is 10.4. The Balaban J connectivity index is 2.14. The van der Waals surface area contributed by atoms with Crippen molar-refractivity contribution in [3.8, 4) is 0 Å². The molecule has 1 atom stereocenters. The molecule has 0 aliphatic rings. The Labute approximate surface area is 93.3 Å². The maximum absolute atomic E-state index is 5.68. The van der Waals surface area contributed by atoms with Gasteiger partial charge in [-0.1, -0.05) is 0 Å². The molecule has 7 heteroatoms. The van der Waals surface area contributed by atoms with Crippen LogP contribution in [-0.2, 0) is 13.1 Å². The number of hydrogen-bond donors (Lipinski definition) is 1. The predicted octanol–water partition coefficient (Wildman–Crippen LogP) is -0.0425. The fourth-order valence-electron chi connectivity index (χ4n) is 1.41. The number of nitrogens with two attached hydrogens (primary N) is 1. The minimum atomic E-state index is -0.148. The molecule has 0 spiro atoms. The van der Waals surface area contributed by atoms with E-state index in [2.05, 4.69) is 20.2 Å². The van der Waals surface area contributed by atoms with Gasteiger partial charge in [-0.3, -0.25) is 0 Å². The van der Waals surface area contributed by atoms with E-state index in [4.69, 9.17) is 5.73 Å². The number of aromatic nitrogens is 6. The topological polar surface area (TPSA) is 87.4 Å². The van der Waals surface area contributed by atoms with E-state index in [-0.39, 0.29) is 6.04 Å². The molecule has 0 saturated heterocycles. The van der Waals surface area contributed by atoms with Crippen molar-refractivity contribution >= 4 is 0 Å². The number of hydrogen-bond acceptors (Lipinski definition) is 5. The zero-order valence-corrected chi connectivity index (χ0v) is 9.41. The first-order valence-electron chi connectivity index (χ1n) is 5.22. The van der Waals surface area contributed by atoms with Crippen LogP contribution in [0.5, 0.6) is 0 Å². The average molecular weight is 221 g/mol. The van der Waals surface area contributed by atoms with Crippen LogP contribution in [0.2, 0.25) is 0 Å². The first-order valence-corrected chi connectivity index (χ1v) is 5.22. The molecule has 2 aromatic rings. The Morgan fingerprint density at radius 2 is 2.25 bits per heavy atom. The second-order valence-electron chi connectivity index (χ2n) is 3.58.